The minimum Gasteiger partial charge on any atom is -0.465 e. The van der Waals surface area contributed by atoms with Gasteiger partial charge < -0.3 is 36.3 Å². The quantitative estimate of drug-likeness (QED) is 0.0844. The third-order valence-corrected chi connectivity index (χ3v) is 7.78. The number of likely N-dealkylation sites (tertiary alicyclic amines) is 1. The average Bonchev–Trinajstić information content (AvgIpc) is 3.88. The summed E-state index contributed by atoms with van der Waals surface area (Å²) in [4.78, 5) is 56.3. The summed E-state index contributed by atoms with van der Waals surface area (Å²) < 4.78 is 5.09. The molecule has 4 rings (SSSR count). The summed E-state index contributed by atoms with van der Waals surface area (Å²) in [6, 6.07) is 16.6. The predicted molar refractivity (Wildman–Crippen MR) is 166 cm³/mol. The van der Waals surface area contributed by atoms with Gasteiger partial charge in [-0.3, -0.25) is 14.4 Å². The summed E-state index contributed by atoms with van der Waals surface area (Å²) in [6.07, 6.45) is 4.69. The van der Waals surface area contributed by atoms with Gasteiger partial charge in [-0.25, -0.2) is 4.79 Å². The Labute approximate surface area is 258 Å². The topological polar surface area (TPSA) is 158 Å². The Bertz CT molecular complexity index is 1230. The van der Waals surface area contributed by atoms with Gasteiger partial charge in [0.1, 0.15) is 18.9 Å². The number of carbonyl (C=O) groups is 4. The Balaban J connectivity index is 1.48. The number of rotatable bonds is 14. The molecule has 1 heterocycles. The number of benzene rings is 2. The van der Waals surface area contributed by atoms with E-state index in [-0.39, 0.29) is 37.4 Å². The fourth-order valence-electron chi connectivity index (χ4n) is 5.48. The molecule has 2 aromatic rings. The summed E-state index contributed by atoms with van der Waals surface area (Å²) >= 11 is 0. The number of hydrogen-bond donors (Lipinski definition) is 4. The summed E-state index contributed by atoms with van der Waals surface area (Å²) in [6.45, 7) is 3.62. The van der Waals surface area contributed by atoms with Gasteiger partial charge in [-0.15, -0.1) is 0 Å². The van der Waals surface area contributed by atoms with Crippen molar-refractivity contribution in [3.8, 4) is 0 Å². The Morgan fingerprint density at radius 1 is 1.02 bits per heavy atom. The first kappa shape index (κ1) is 32.3. The monoisotopic (exact) mass is 605 g/mol. The van der Waals surface area contributed by atoms with Crippen LogP contribution in [0.4, 0.5) is 4.79 Å². The van der Waals surface area contributed by atoms with Crippen molar-refractivity contribution in [2.45, 2.75) is 57.2 Å². The molecule has 1 saturated carbocycles. The lowest BCUT2D eigenvalue weighted by Gasteiger charge is -2.31. The molecule has 2 aliphatic rings. The zero-order valence-corrected chi connectivity index (χ0v) is 25.2. The van der Waals surface area contributed by atoms with Crippen LogP contribution < -0.4 is 21.8 Å². The molecule has 2 atom stereocenters. The highest BCUT2D eigenvalue weighted by Gasteiger charge is 2.39. The zero-order chi connectivity index (χ0) is 31.3. The summed E-state index contributed by atoms with van der Waals surface area (Å²) in [7, 11) is 0. The molecule has 236 valence electrons. The van der Waals surface area contributed by atoms with Gasteiger partial charge in [0.2, 0.25) is 11.8 Å². The third kappa shape index (κ3) is 9.72. The number of esters is 1. The van der Waals surface area contributed by atoms with E-state index in [0.717, 1.165) is 43.4 Å². The lowest BCUT2D eigenvalue weighted by Crippen LogP contribution is -2.55. The first-order valence-corrected chi connectivity index (χ1v) is 15.2. The highest BCUT2D eigenvalue weighted by molar-refractivity contribution is 5.93. The minimum atomic E-state index is -1.19. The summed E-state index contributed by atoms with van der Waals surface area (Å²) in [5.74, 6) is 4.09. The highest BCUT2D eigenvalue weighted by atomic mass is 16.5. The minimum absolute atomic E-state index is 0.138. The van der Waals surface area contributed by atoms with Crippen molar-refractivity contribution in [2.75, 3.05) is 32.8 Å². The molecule has 0 radical (unpaired) electrons. The molecule has 2 fully saturated rings. The van der Waals surface area contributed by atoms with Crippen molar-refractivity contribution in [3.63, 3.8) is 0 Å². The molecule has 12 heteroatoms. The van der Waals surface area contributed by atoms with Gasteiger partial charge in [-0.2, -0.15) is 5.10 Å². The molecule has 0 bridgehead atoms. The van der Waals surface area contributed by atoms with Gasteiger partial charge in [0, 0.05) is 25.7 Å². The molecule has 1 saturated heterocycles. The number of amides is 4. The molecule has 5 N–H and O–H groups in total. The number of hydrazone groups is 1. The fourth-order valence-corrected chi connectivity index (χ4v) is 5.48. The van der Waals surface area contributed by atoms with Crippen molar-refractivity contribution in [1.82, 2.24) is 25.8 Å². The van der Waals surface area contributed by atoms with E-state index < -0.39 is 30.0 Å². The Morgan fingerprint density at radius 3 is 2.27 bits per heavy atom. The molecule has 12 nitrogen and oxygen atoms in total. The van der Waals surface area contributed by atoms with E-state index in [0.29, 0.717) is 13.1 Å². The van der Waals surface area contributed by atoms with Gasteiger partial charge >= 0.3 is 12.0 Å². The Kier molecular flexibility index (Phi) is 12.0. The third-order valence-electron chi connectivity index (χ3n) is 7.78. The Hall–Kier alpha value is -4.61. The number of urea groups is 1. The number of carbonyl (C=O) groups excluding carboxylic acids is 4. The molecular weight excluding hydrogens is 562 g/mol. The van der Waals surface area contributed by atoms with Crippen molar-refractivity contribution >= 4 is 30.2 Å². The van der Waals surface area contributed by atoms with Crippen LogP contribution in [0.5, 0.6) is 0 Å². The number of ether oxygens (including phenoxy) is 1. The molecule has 0 unspecified atom stereocenters. The molecular formula is C32H43N7O5. The standard InChI is InChI=1S/C32H43N7O5/c1-2-44-29(41)21-39(26-15-16-26)31(42)27(18-28(40)34-19-23-10-9-17-38(20-23)22-35-33)36-32(43)37-30(24-11-5-3-6-12-24)25-13-7-4-8-14-25/h3-8,11-14,22-23,26-27,30H,2,9-10,15-21,33H2,1H3,(H,34,40)(H2,36,37,43)/t23-,27-/m0/s1. The van der Waals surface area contributed by atoms with E-state index in [1.165, 1.54) is 4.90 Å². The van der Waals surface area contributed by atoms with E-state index >= 15 is 0 Å². The van der Waals surface area contributed by atoms with Gasteiger partial charge in [0.15, 0.2) is 0 Å². The molecule has 4 amide bonds. The highest BCUT2D eigenvalue weighted by Crippen LogP contribution is 2.28. The number of piperidine rings is 1. The van der Waals surface area contributed by atoms with Crippen molar-refractivity contribution < 1.29 is 23.9 Å². The molecule has 2 aromatic carbocycles. The lowest BCUT2D eigenvalue weighted by molar-refractivity contribution is -0.150. The van der Waals surface area contributed by atoms with E-state index in [9.17, 15) is 19.2 Å². The number of nitrogens with zero attached hydrogens (tertiary/aromatic N) is 3. The maximum atomic E-state index is 13.8. The number of nitrogens with one attached hydrogen (secondary N) is 3. The second-order valence-corrected chi connectivity index (χ2v) is 11.2. The molecule has 1 aliphatic carbocycles. The molecule has 1 aliphatic heterocycles. The van der Waals surface area contributed by atoms with Crippen LogP contribution in [0.25, 0.3) is 0 Å². The summed E-state index contributed by atoms with van der Waals surface area (Å²) in [5.41, 5.74) is 1.72. The van der Waals surface area contributed by atoms with Gasteiger partial charge in [-0.05, 0) is 49.7 Å². The van der Waals surface area contributed by atoms with Crippen LogP contribution in [-0.2, 0) is 19.1 Å². The van der Waals surface area contributed by atoms with E-state index in [2.05, 4.69) is 21.1 Å². The van der Waals surface area contributed by atoms with Crippen LogP contribution in [0.3, 0.4) is 0 Å². The lowest BCUT2D eigenvalue weighted by atomic mass is 9.98. The average molecular weight is 606 g/mol. The maximum Gasteiger partial charge on any atom is 0.325 e. The largest absolute Gasteiger partial charge is 0.465 e. The molecule has 0 aromatic heterocycles. The molecule has 0 spiro atoms. The van der Waals surface area contributed by atoms with E-state index in [4.69, 9.17) is 10.6 Å². The smallest absolute Gasteiger partial charge is 0.325 e. The predicted octanol–water partition coefficient (Wildman–Crippen LogP) is 2.12. The normalized spacial score (nSPS) is 17.1. The SMILES string of the molecule is CCOC(=O)CN(C(=O)[C@H](CC(=O)NC[C@@H]1CCCN(C=NN)C1)NC(=O)NC(c1ccccc1)c1ccccc1)C1CC1. The maximum absolute atomic E-state index is 13.8. The number of nitrogens with two attached hydrogens (primary N) is 1. The van der Waals surface area contributed by atoms with Gasteiger partial charge in [-0.1, -0.05) is 60.7 Å². The first-order chi connectivity index (χ1) is 21.4. The van der Waals surface area contributed by atoms with Crippen LogP contribution in [0.15, 0.2) is 65.8 Å². The van der Waals surface area contributed by atoms with Gasteiger partial charge in [0.25, 0.3) is 0 Å². The van der Waals surface area contributed by atoms with Crippen LogP contribution >= 0.6 is 0 Å². The van der Waals surface area contributed by atoms with Crippen molar-refractivity contribution in [3.05, 3.63) is 71.8 Å². The van der Waals surface area contributed by atoms with Gasteiger partial charge in [0.05, 0.1) is 19.1 Å². The van der Waals surface area contributed by atoms with Crippen molar-refractivity contribution in [1.29, 1.82) is 0 Å². The Morgan fingerprint density at radius 2 is 1.68 bits per heavy atom. The van der Waals surface area contributed by atoms with Crippen LogP contribution in [0.1, 0.15) is 56.2 Å². The number of hydrogen-bond acceptors (Lipinski definition) is 7. The second kappa shape index (κ2) is 16.3. The molecule has 44 heavy (non-hydrogen) atoms. The van der Waals surface area contributed by atoms with Crippen LogP contribution in [0.2, 0.25) is 0 Å². The summed E-state index contributed by atoms with van der Waals surface area (Å²) in [5, 5.41) is 12.3. The van der Waals surface area contributed by atoms with E-state index in [1.54, 1.807) is 13.3 Å². The zero-order valence-electron chi connectivity index (χ0n) is 25.2. The fraction of sp³-hybridized carbons (Fsp3) is 0.469. The van der Waals surface area contributed by atoms with E-state index in [1.807, 2.05) is 65.6 Å². The second-order valence-electron chi connectivity index (χ2n) is 11.2. The van der Waals surface area contributed by atoms with Crippen LogP contribution in [0, 0.1) is 5.92 Å². The van der Waals surface area contributed by atoms with Crippen molar-refractivity contribution in [2.24, 2.45) is 16.9 Å². The first-order valence-electron chi connectivity index (χ1n) is 15.2. The van der Waals surface area contributed by atoms with Crippen LogP contribution in [-0.4, -0.2) is 84.8 Å².